The maximum atomic E-state index is 12.7. The lowest BCUT2D eigenvalue weighted by atomic mass is 9.96. The van der Waals surface area contributed by atoms with Crippen LogP contribution in [0.1, 0.15) is 47.3 Å². The molecular weight excluding hydrogens is 292 g/mol. The van der Waals surface area contributed by atoms with E-state index in [1.165, 1.54) is 0 Å². The Morgan fingerprint density at radius 3 is 2.78 bits per heavy atom. The number of aryl methyl sites for hydroxylation is 4. The number of aromatic nitrogens is 3. The zero-order chi connectivity index (χ0) is 16.6. The van der Waals surface area contributed by atoms with Gasteiger partial charge in [0.15, 0.2) is 0 Å². The fourth-order valence-corrected chi connectivity index (χ4v) is 3.45. The lowest BCUT2D eigenvalue weighted by Crippen LogP contribution is -2.40. The standard InChI is InChI=1S/C17H24N4O2/c1-11-9-20(4)17(18-11)14-6-5-7-21(10-14)16(22)8-15-12(2)19-23-13(15)3/h9,14H,5-8,10H2,1-4H3. The van der Waals surface area contributed by atoms with Crippen molar-refractivity contribution in [2.24, 2.45) is 7.05 Å². The molecule has 3 rings (SSSR count). The fraction of sp³-hybridized carbons (Fsp3) is 0.588. The van der Waals surface area contributed by atoms with Crippen LogP contribution in [0.25, 0.3) is 0 Å². The summed E-state index contributed by atoms with van der Waals surface area (Å²) in [6, 6.07) is 0. The van der Waals surface area contributed by atoms with Crippen LogP contribution in [0, 0.1) is 20.8 Å². The highest BCUT2D eigenvalue weighted by Crippen LogP contribution is 2.27. The summed E-state index contributed by atoms with van der Waals surface area (Å²) in [6.45, 7) is 7.31. The predicted molar refractivity (Wildman–Crippen MR) is 86.2 cm³/mol. The minimum atomic E-state index is 0.148. The number of likely N-dealkylation sites (tertiary alicyclic amines) is 1. The van der Waals surface area contributed by atoms with Crippen molar-refractivity contribution in [3.05, 3.63) is 34.7 Å². The van der Waals surface area contributed by atoms with Crippen molar-refractivity contribution >= 4 is 5.91 Å². The van der Waals surface area contributed by atoms with E-state index in [1.54, 1.807) is 0 Å². The second-order valence-corrected chi connectivity index (χ2v) is 6.51. The molecule has 0 saturated carbocycles. The van der Waals surface area contributed by atoms with Crippen molar-refractivity contribution in [2.45, 2.75) is 46.0 Å². The van der Waals surface area contributed by atoms with Gasteiger partial charge in [0.2, 0.25) is 5.91 Å². The van der Waals surface area contributed by atoms with Crippen LogP contribution >= 0.6 is 0 Å². The highest BCUT2D eigenvalue weighted by Gasteiger charge is 2.28. The Bertz CT molecular complexity index is 697. The monoisotopic (exact) mass is 316 g/mol. The lowest BCUT2D eigenvalue weighted by Gasteiger charge is -2.32. The van der Waals surface area contributed by atoms with Gasteiger partial charge in [0.1, 0.15) is 11.6 Å². The number of amides is 1. The van der Waals surface area contributed by atoms with Crippen LogP contribution in [0.2, 0.25) is 0 Å². The van der Waals surface area contributed by atoms with Crippen molar-refractivity contribution in [1.29, 1.82) is 0 Å². The van der Waals surface area contributed by atoms with Gasteiger partial charge in [-0.25, -0.2) is 4.98 Å². The molecule has 1 amide bonds. The van der Waals surface area contributed by atoms with Crippen LogP contribution in [-0.4, -0.2) is 38.6 Å². The maximum Gasteiger partial charge on any atom is 0.227 e. The van der Waals surface area contributed by atoms with Crippen LogP contribution in [0.4, 0.5) is 0 Å². The summed E-state index contributed by atoms with van der Waals surface area (Å²) in [6.07, 6.45) is 4.51. The Hall–Kier alpha value is -2.11. The molecule has 0 aliphatic carbocycles. The molecule has 6 nitrogen and oxygen atoms in total. The van der Waals surface area contributed by atoms with Crippen molar-refractivity contribution in [2.75, 3.05) is 13.1 Å². The highest BCUT2D eigenvalue weighted by atomic mass is 16.5. The van der Waals surface area contributed by atoms with E-state index in [9.17, 15) is 4.79 Å². The normalized spacial score (nSPS) is 18.4. The molecule has 0 radical (unpaired) electrons. The molecule has 1 atom stereocenters. The van der Waals surface area contributed by atoms with Crippen molar-refractivity contribution in [3.8, 4) is 0 Å². The molecule has 0 aromatic carbocycles. The van der Waals surface area contributed by atoms with E-state index in [-0.39, 0.29) is 5.91 Å². The third-order valence-electron chi connectivity index (χ3n) is 4.68. The highest BCUT2D eigenvalue weighted by molar-refractivity contribution is 5.79. The zero-order valence-corrected chi connectivity index (χ0v) is 14.3. The molecule has 124 valence electrons. The van der Waals surface area contributed by atoms with Gasteiger partial charge in [-0.2, -0.15) is 0 Å². The van der Waals surface area contributed by atoms with Gasteiger partial charge in [0.05, 0.1) is 17.8 Å². The molecule has 1 fully saturated rings. The van der Waals surface area contributed by atoms with Gasteiger partial charge in [-0.1, -0.05) is 5.16 Å². The van der Waals surface area contributed by atoms with E-state index < -0.39 is 0 Å². The number of piperidine rings is 1. The third kappa shape index (κ3) is 3.16. The Labute approximate surface area is 136 Å². The molecular formula is C17H24N4O2. The molecule has 0 N–H and O–H groups in total. The summed E-state index contributed by atoms with van der Waals surface area (Å²) < 4.78 is 7.24. The first kappa shape index (κ1) is 15.8. The van der Waals surface area contributed by atoms with Crippen molar-refractivity contribution < 1.29 is 9.32 Å². The summed E-state index contributed by atoms with van der Waals surface area (Å²) in [7, 11) is 2.03. The van der Waals surface area contributed by atoms with Crippen LogP contribution in [-0.2, 0) is 18.3 Å². The van der Waals surface area contributed by atoms with Crippen LogP contribution < -0.4 is 0 Å². The molecule has 1 saturated heterocycles. The predicted octanol–water partition coefficient (Wildman–Crippen LogP) is 2.28. The zero-order valence-electron chi connectivity index (χ0n) is 14.3. The Kier molecular flexibility index (Phi) is 4.24. The minimum Gasteiger partial charge on any atom is -0.361 e. The van der Waals surface area contributed by atoms with Gasteiger partial charge in [0, 0.05) is 37.8 Å². The van der Waals surface area contributed by atoms with Crippen molar-refractivity contribution in [1.82, 2.24) is 19.6 Å². The third-order valence-corrected chi connectivity index (χ3v) is 4.68. The van der Waals surface area contributed by atoms with E-state index in [4.69, 9.17) is 4.52 Å². The summed E-state index contributed by atoms with van der Waals surface area (Å²) in [5, 5.41) is 3.93. The molecule has 1 aliphatic rings. The van der Waals surface area contributed by atoms with Gasteiger partial charge >= 0.3 is 0 Å². The second kappa shape index (κ2) is 6.18. The minimum absolute atomic E-state index is 0.148. The van der Waals surface area contributed by atoms with E-state index in [1.807, 2.05) is 38.9 Å². The van der Waals surface area contributed by atoms with E-state index in [2.05, 4.69) is 14.7 Å². The van der Waals surface area contributed by atoms with Crippen LogP contribution in [0.15, 0.2) is 10.7 Å². The number of nitrogens with zero attached hydrogens (tertiary/aromatic N) is 4. The Morgan fingerprint density at radius 2 is 2.17 bits per heavy atom. The molecule has 0 spiro atoms. The van der Waals surface area contributed by atoms with Gasteiger partial charge < -0.3 is 14.0 Å². The molecule has 1 unspecified atom stereocenters. The fourth-order valence-electron chi connectivity index (χ4n) is 3.45. The molecule has 0 bridgehead atoms. The van der Waals surface area contributed by atoms with E-state index in [0.717, 1.165) is 54.5 Å². The first-order valence-electron chi connectivity index (χ1n) is 8.15. The first-order chi connectivity index (χ1) is 11.0. The molecule has 23 heavy (non-hydrogen) atoms. The van der Waals surface area contributed by atoms with Gasteiger partial charge in [-0.15, -0.1) is 0 Å². The second-order valence-electron chi connectivity index (χ2n) is 6.51. The Morgan fingerprint density at radius 1 is 1.39 bits per heavy atom. The number of carbonyl (C=O) groups excluding carboxylic acids is 1. The van der Waals surface area contributed by atoms with Gasteiger partial charge in [0.25, 0.3) is 0 Å². The van der Waals surface area contributed by atoms with Crippen LogP contribution in [0.3, 0.4) is 0 Å². The smallest absolute Gasteiger partial charge is 0.227 e. The molecule has 2 aromatic rings. The van der Waals surface area contributed by atoms with Crippen molar-refractivity contribution in [3.63, 3.8) is 0 Å². The molecule has 2 aromatic heterocycles. The number of imidazole rings is 1. The number of rotatable bonds is 3. The quantitative estimate of drug-likeness (QED) is 0.871. The van der Waals surface area contributed by atoms with Crippen LogP contribution in [0.5, 0.6) is 0 Å². The molecule has 6 heteroatoms. The average molecular weight is 316 g/mol. The number of hydrogen-bond donors (Lipinski definition) is 0. The van der Waals surface area contributed by atoms with E-state index in [0.29, 0.717) is 12.3 Å². The SMILES string of the molecule is Cc1cn(C)c(C2CCCN(C(=O)Cc3c(C)noc3C)C2)n1. The first-order valence-corrected chi connectivity index (χ1v) is 8.15. The topological polar surface area (TPSA) is 64.2 Å². The average Bonchev–Trinajstić information content (AvgIpc) is 3.03. The Balaban J connectivity index is 1.71. The largest absolute Gasteiger partial charge is 0.361 e. The summed E-state index contributed by atoms with van der Waals surface area (Å²) in [5.74, 6) is 2.28. The number of carbonyl (C=O) groups is 1. The summed E-state index contributed by atoms with van der Waals surface area (Å²) in [4.78, 5) is 19.3. The molecule has 3 heterocycles. The summed E-state index contributed by atoms with van der Waals surface area (Å²) in [5.41, 5.74) is 2.76. The molecule has 1 aliphatic heterocycles. The lowest BCUT2D eigenvalue weighted by molar-refractivity contribution is -0.131. The van der Waals surface area contributed by atoms with Gasteiger partial charge in [-0.3, -0.25) is 4.79 Å². The van der Waals surface area contributed by atoms with Gasteiger partial charge in [-0.05, 0) is 33.6 Å². The maximum absolute atomic E-state index is 12.7. The van der Waals surface area contributed by atoms with E-state index >= 15 is 0 Å². The number of hydrogen-bond acceptors (Lipinski definition) is 4. The summed E-state index contributed by atoms with van der Waals surface area (Å²) >= 11 is 0.